The van der Waals surface area contributed by atoms with E-state index in [2.05, 4.69) is 5.32 Å². The van der Waals surface area contributed by atoms with Gasteiger partial charge in [-0.2, -0.15) is 0 Å². The molecule has 4 rings (SSSR count). The number of benzene rings is 1. The highest BCUT2D eigenvalue weighted by Crippen LogP contribution is 2.35. The van der Waals surface area contributed by atoms with Crippen LogP contribution in [-0.4, -0.2) is 40.3 Å². The fourth-order valence-electron chi connectivity index (χ4n) is 4.08. The molecule has 0 saturated heterocycles. The van der Waals surface area contributed by atoms with Crippen molar-refractivity contribution in [3.63, 3.8) is 0 Å². The van der Waals surface area contributed by atoms with Gasteiger partial charge < -0.3 is 10.1 Å². The average Bonchev–Trinajstić information content (AvgIpc) is 3.20. The van der Waals surface area contributed by atoms with E-state index in [-0.39, 0.29) is 29.6 Å². The minimum absolute atomic E-state index is 0.0643. The van der Waals surface area contributed by atoms with Gasteiger partial charge in [0.05, 0.1) is 23.4 Å². The molecule has 0 fully saturated rings. The Morgan fingerprint density at radius 2 is 1.97 bits per heavy atom. The van der Waals surface area contributed by atoms with E-state index in [1.165, 1.54) is 16.6 Å². The average molecular weight is 500 g/mol. The van der Waals surface area contributed by atoms with Gasteiger partial charge in [-0.3, -0.25) is 19.0 Å². The lowest BCUT2D eigenvalue weighted by molar-refractivity contribution is -0.143. The van der Waals surface area contributed by atoms with E-state index in [4.69, 9.17) is 9.72 Å². The molecule has 1 N–H and O–H groups in total. The fraction of sp³-hybridized carbons (Fsp3) is 0.440. The van der Waals surface area contributed by atoms with Crippen molar-refractivity contribution in [1.82, 2.24) is 14.9 Å². The molecule has 1 aliphatic rings. The minimum atomic E-state index is -0.260. The third-order valence-electron chi connectivity index (χ3n) is 5.77. The Labute approximate surface area is 206 Å². The maximum absolute atomic E-state index is 13.7. The van der Waals surface area contributed by atoms with Gasteiger partial charge in [0.2, 0.25) is 5.91 Å². The zero-order valence-electron chi connectivity index (χ0n) is 19.5. The highest BCUT2D eigenvalue weighted by atomic mass is 32.2. The van der Waals surface area contributed by atoms with Crippen LogP contribution in [0, 0.1) is 6.92 Å². The topological polar surface area (TPSA) is 90.3 Å². The van der Waals surface area contributed by atoms with Crippen LogP contribution in [0.25, 0.3) is 15.9 Å². The van der Waals surface area contributed by atoms with Crippen LogP contribution in [0.2, 0.25) is 0 Å². The van der Waals surface area contributed by atoms with Crippen molar-refractivity contribution in [3.8, 4) is 5.69 Å². The summed E-state index contributed by atoms with van der Waals surface area (Å²) < 4.78 is 6.54. The molecule has 1 amide bonds. The van der Waals surface area contributed by atoms with Gasteiger partial charge in [-0.25, -0.2) is 4.98 Å². The lowest BCUT2D eigenvalue weighted by Crippen LogP contribution is -2.27. The van der Waals surface area contributed by atoms with Gasteiger partial charge in [-0.1, -0.05) is 29.5 Å². The lowest BCUT2D eigenvalue weighted by atomic mass is 9.97. The number of esters is 1. The SMILES string of the molecule is CCOC(=O)CCCNC(=O)CSc1nc2sc3c(c2c(=O)n1-c1ccc(C)cc1)CCCC3. The smallest absolute Gasteiger partial charge is 0.305 e. The molecular weight excluding hydrogens is 470 g/mol. The van der Waals surface area contributed by atoms with Gasteiger partial charge in [0.1, 0.15) is 4.83 Å². The van der Waals surface area contributed by atoms with Gasteiger partial charge in [0.15, 0.2) is 5.16 Å². The molecule has 0 spiro atoms. The van der Waals surface area contributed by atoms with Crippen LogP contribution in [-0.2, 0) is 27.2 Å². The molecule has 1 aromatic carbocycles. The van der Waals surface area contributed by atoms with E-state index in [1.807, 2.05) is 31.2 Å². The number of aromatic nitrogens is 2. The largest absolute Gasteiger partial charge is 0.466 e. The van der Waals surface area contributed by atoms with Crippen molar-refractivity contribution in [2.75, 3.05) is 18.9 Å². The maximum atomic E-state index is 13.7. The van der Waals surface area contributed by atoms with E-state index in [1.54, 1.807) is 22.8 Å². The van der Waals surface area contributed by atoms with Gasteiger partial charge in [-0.15, -0.1) is 11.3 Å². The number of hydrogen-bond acceptors (Lipinski definition) is 7. The zero-order valence-corrected chi connectivity index (χ0v) is 21.2. The number of rotatable bonds is 9. The van der Waals surface area contributed by atoms with Crippen molar-refractivity contribution in [2.45, 2.75) is 57.5 Å². The van der Waals surface area contributed by atoms with E-state index < -0.39 is 0 Å². The number of fused-ring (bicyclic) bond motifs is 3. The maximum Gasteiger partial charge on any atom is 0.305 e. The molecule has 180 valence electrons. The van der Waals surface area contributed by atoms with E-state index in [0.717, 1.165) is 52.7 Å². The Hall–Kier alpha value is -2.65. The summed E-state index contributed by atoms with van der Waals surface area (Å²) in [6.45, 7) is 4.53. The number of nitrogens with one attached hydrogen (secondary N) is 1. The lowest BCUT2D eigenvalue weighted by Gasteiger charge is -2.14. The van der Waals surface area contributed by atoms with Crippen LogP contribution < -0.4 is 10.9 Å². The molecule has 2 heterocycles. The molecule has 34 heavy (non-hydrogen) atoms. The summed E-state index contributed by atoms with van der Waals surface area (Å²) in [6, 6.07) is 7.78. The zero-order chi connectivity index (χ0) is 24.1. The van der Waals surface area contributed by atoms with Crippen LogP contribution >= 0.6 is 23.1 Å². The van der Waals surface area contributed by atoms with Crippen LogP contribution in [0.3, 0.4) is 0 Å². The Morgan fingerprint density at radius 1 is 1.21 bits per heavy atom. The number of nitrogens with zero attached hydrogens (tertiary/aromatic N) is 2. The van der Waals surface area contributed by atoms with E-state index in [9.17, 15) is 14.4 Å². The molecule has 0 atom stereocenters. The Kier molecular flexibility index (Phi) is 8.05. The first kappa shape index (κ1) is 24.5. The van der Waals surface area contributed by atoms with Crippen molar-refractivity contribution in [3.05, 3.63) is 50.6 Å². The monoisotopic (exact) mass is 499 g/mol. The highest BCUT2D eigenvalue weighted by Gasteiger charge is 2.23. The highest BCUT2D eigenvalue weighted by molar-refractivity contribution is 7.99. The number of thioether (sulfide) groups is 1. The minimum Gasteiger partial charge on any atom is -0.466 e. The van der Waals surface area contributed by atoms with E-state index >= 15 is 0 Å². The summed E-state index contributed by atoms with van der Waals surface area (Å²) >= 11 is 2.87. The molecule has 3 aromatic rings. The van der Waals surface area contributed by atoms with Crippen molar-refractivity contribution in [1.29, 1.82) is 0 Å². The number of amides is 1. The van der Waals surface area contributed by atoms with Crippen LogP contribution in [0.5, 0.6) is 0 Å². The Bertz CT molecular complexity index is 1250. The summed E-state index contributed by atoms with van der Waals surface area (Å²) in [5.41, 5.74) is 2.94. The number of carbonyl (C=O) groups is 2. The predicted octanol–water partition coefficient (Wildman–Crippen LogP) is 4.19. The number of aryl methyl sites for hydroxylation is 3. The van der Waals surface area contributed by atoms with E-state index in [0.29, 0.717) is 24.7 Å². The second kappa shape index (κ2) is 11.2. The number of ether oxygens (including phenoxy) is 1. The first-order chi connectivity index (χ1) is 16.5. The standard InChI is InChI=1S/C25H29N3O4S2/c1-3-32-21(30)9-6-14-26-20(29)15-33-25-27-23-22(18-7-4-5-8-19(18)34-23)24(31)28(25)17-12-10-16(2)11-13-17/h10-13H,3-9,14-15H2,1-2H3,(H,26,29). The molecule has 0 unspecified atom stereocenters. The molecule has 0 aliphatic heterocycles. The number of thiophene rings is 1. The molecule has 0 saturated carbocycles. The molecule has 0 radical (unpaired) electrons. The summed E-state index contributed by atoms with van der Waals surface area (Å²) in [4.78, 5) is 44.4. The first-order valence-corrected chi connectivity index (χ1v) is 13.5. The van der Waals surface area contributed by atoms with Crippen LogP contribution in [0.15, 0.2) is 34.2 Å². The summed E-state index contributed by atoms with van der Waals surface area (Å²) in [6.07, 6.45) is 4.95. The van der Waals surface area contributed by atoms with Gasteiger partial charge in [0, 0.05) is 17.8 Å². The Morgan fingerprint density at radius 3 is 2.74 bits per heavy atom. The van der Waals surface area contributed by atoms with Crippen molar-refractivity contribution >= 4 is 45.2 Å². The van der Waals surface area contributed by atoms with Crippen molar-refractivity contribution < 1.29 is 14.3 Å². The second-order valence-corrected chi connectivity index (χ2v) is 10.3. The molecule has 0 bridgehead atoms. The predicted molar refractivity (Wildman–Crippen MR) is 136 cm³/mol. The normalized spacial score (nSPS) is 13.0. The third-order valence-corrected chi connectivity index (χ3v) is 7.89. The third kappa shape index (κ3) is 5.52. The van der Waals surface area contributed by atoms with Gasteiger partial charge >= 0.3 is 5.97 Å². The Balaban J connectivity index is 1.56. The summed E-state index contributed by atoms with van der Waals surface area (Å²) in [5.74, 6) is -0.289. The molecule has 7 nitrogen and oxygen atoms in total. The van der Waals surface area contributed by atoms with Gasteiger partial charge in [-0.05, 0) is 63.6 Å². The van der Waals surface area contributed by atoms with Crippen LogP contribution in [0.1, 0.15) is 48.6 Å². The summed E-state index contributed by atoms with van der Waals surface area (Å²) in [5, 5.41) is 4.07. The molecular formula is C25H29N3O4S2. The summed E-state index contributed by atoms with van der Waals surface area (Å²) in [7, 11) is 0. The first-order valence-electron chi connectivity index (χ1n) is 11.7. The molecule has 9 heteroatoms. The van der Waals surface area contributed by atoms with Crippen molar-refractivity contribution in [2.24, 2.45) is 0 Å². The molecule has 1 aliphatic carbocycles. The number of carbonyl (C=O) groups excluding carboxylic acids is 2. The van der Waals surface area contributed by atoms with Gasteiger partial charge in [0.25, 0.3) is 5.56 Å². The fourth-order valence-corrected chi connectivity index (χ4v) is 6.22. The molecule has 2 aromatic heterocycles. The van der Waals surface area contributed by atoms with Crippen LogP contribution in [0.4, 0.5) is 0 Å². The quantitative estimate of drug-likeness (QED) is 0.206. The number of hydrogen-bond donors (Lipinski definition) is 1. The second-order valence-electron chi connectivity index (χ2n) is 8.31.